The van der Waals surface area contributed by atoms with Crippen molar-refractivity contribution in [3.63, 3.8) is 0 Å². The third kappa shape index (κ3) is 3.44. The van der Waals surface area contributed by atoms with Crippen molar-refractivity contribution < 1.29 is 0 Å². The fourth-order valence-corrected chi connectivity index (χ4v) is 3.98. The van der Waals surface area contributed by atoms with Gasteiger partial charge in [0, 0.05) is 22.8 Å². The van der Waals surface area contributed by atoms with Crippen molar-refractivity contribution in [2.75, 3.05) is 13.6 Å². The normalized spacial score (nSPS) is 25.4. The van der Waals surface area contributed by atoms with Crippen molar-refractivity contribution in [2.24, 2.45) is 11.7 Å². The Balaban J connectivity index is 1.95. The minimum Gasteiger partial charge on any atom is -0.330 e. The second-order valence-electron chi connectivity index (χ2n) is 4.99. The fraction of sp³-hybridized carbons (Fsp3) is 0.692. The molecular formula is C13H21ClN2S. The molecule has 1 aliphatic rings. The quantitative estimate of drug-likeness (QED) is 0.911. The zero-order valence-corrected chi connectivity index (χ0v) is 11.9. The maximum absolute atomic E-state index is 5.96. The van der Waals surface area contributed by atoms with Crippen molar-refractivity contribution in [3.8, 4) is 0 Å². The van der Waals surface area contributed by atoms with Gasteiger partial charge in [-0.2, -0.15) is 0 Å². The zero-order valence-electron chi connectivity index (χ0n) is 10.4. The predicted octanol–water partition coefficient (Wildman–Crippen LogP) is 3.35. The van der Waals surface area contributed by atoms with Crippen LogP contribution in [0.15, 0.2) is 11.4 Å². The van der Waals surface area contributed by atoms with Crippen molar-refractivity contribution in [3.05, 3.63) is 21.3 Å². The molecule has 17 heavy (non-hydrogen) atoms. The number of nitrogens with zero attached hydrogens (tertiary/aromatic N) is 1. The maximum Gasteiger partial charge on any atom is 0.0516 e. The number of halogens is 1. The summed E-state index contributed by atoms with van der Waals surface area (Å²) in [5.74, 6) is 0.671. The van der Waals surface area contributed by atoms with Gasteiger partial charge in [0.25, 0.3) is 0 Å². The number of thiophene rings is 1. The van der Waals surface area contributed by atoms with Crippen LogP contribution in [-0.4, -0.2) is 24.5 Å². The van der Waals surface area contributed by atoms with Gasteiger partial charge in [0.05, 0.1) is 5.02 Å². The Morgan fingerprint density at radius 2 is 2.24 bits per heavy atom. The van der Waals surface area contributed by atoms with Gasteiger partial charge in [-0.05, 0) is 38.4 Å². The van der Waals surface area contributed by atoms with Crippen LogP contribution in [0.4, 0.5) is 0 Å². The Bertz CT molecular complexity index is 353. The molecule has 0 bridgehead atoms. The lowest BCUT2D eigenvalue weighted by Gasteiger charge is -2.37. The SMILES string of the molecule is CN(Cc1cc(Cl)cs1)C1CCCCC1CN. The molecule has 0 saturated heterocycles. The smallest absolute Gasteiger partial charge is 0.0516 e. The Morgan fingerprint density at radius 3 is 2.88 bits per heavy atom. The van der Waals surface area contributed by atoms with Gasteiger partial charge in [-0.1, -0.05) is 24.4 Å². The molecule has 1 saturated carbocycles. The van der Waals surface area contributed by atoms with E-state index in [1.165, 1.54) is 30.6 Å². The molecule has 0 spiro atoms. The Hall–Kier alpha value is -0.0900. The van der Waals surface area contributed by atoms with Gasteiger partial charge in [0.2, 0.25) is 0 Å². The second-order valence-corrected chi connectivity index (χ2v) is 6.43. The summed E-state index contributed by atoms with van der Waals surface area (Å²) in [4.78, 5) is 3.80. The molecule has 4 heteroatoms. The number of rotatable bonds is 4. The standard InChI is InChI=1S/C13H21ClN2S/c1-16(8-12-6-11(14)9-17-12)13-5-3-2-4-10(13)7-15/h6,9-10,13H,2-5,7-8,15H2,1H3. The van der Waals surface area contributed by atoms with Crippen LogP contribution in [0, 0.1) is 5.92 Å². The predicted molar refractivity (Wildman–Crippen MR) is 75.6 cm³/mol. The molecule has 1 aliphatic carbocycles. The van der Waals surface area contributed by atoms with Gasteiger partial charge in [0.15, 0.2) is 0 Å². The highest BCUT2D eigenvalue weighted by atomic mass is 35.5. The molecule has 2 atom stereocenters. The average Bonchev–Trinajstić information content (AvgIpc) is 2.74. The maximum atomic E-state index is 5.96. The zero-order chi connectivity index (χ0) is 12.3. The van der Waals surface area contributed by atoms with E-state index < -0.39 is 0 Å². The summed E-state index contributed by atoms with van der Waals surface area (Å²) in [6.07, 6.45) is 5.27. The van der Waals surface area contributed by atoms with Crippen LogP contribution in [-0.2, 0) is 6.54 Å². The first-order valence-electron chi connectivity index (χ1n) is 6.34. The Labute approximate surface area is 113 Å². The molecule has 1 heterocycles. The molecule has 0 aliphatic heterocycles. The van der Waals surface area contributed by atoms with Crippen LogP contribution in [0.3, 0.4) is 0 Å². The van der Waals surface area contributed by atoms with Crippen molar-refractivity contribution in [1.82, 2.24) is 4.90 Å². The van der Waals surface area contributed by atoms with E-state index in [0.29, 0.717) is 12.0 Å². The van der Waals surface area contributed by atoms with Gasteiger partial charge < -0.3 is 5.73 Å². The van der Waals surface area contributed by atoms with E-state index in [9.17, 15) is 0 Å². The van der Waals surface area contributed by atoms with Crippen molar-refractivity contribution in [2.45, 2.75) is 38.3 Å². The monoisotopic (exact) mass is 272 g/mol. The Kier molecular flexibility index (Phi) is 4.86. The van der Waals surface area contributed by atoms with Crippen molar-refractivity contribution >= 4 is 22.9 Å². The average molecular weight is 273 g/mol. The minimum atomic E-state index is 0.648. The third-order valence-electron chi connectivity index (χ3n) is 3.76. The molecule has 2 N–H and O–H groups in total. The van der Waals surface area contributed by atoms with Crippen LogP contribution < -0.4 is 5.73 Å². The topological polar surface area (TPSA) is 29.3 Å². The fourth-order valence-electron chi connectivity index (χ4n) is 2.84. The molecule has 1 aromatic rings. The molecule has 2 unspecified atom stereocenters. The van der Waals surface area contributed by atoms with Crippen LogP contribution in [0.5, 0.6) is 0 Å². The third-order valence-corrected chi connectivity index (χ3v) is 5.03. The summed E-state index contributed by atoms with van der Waals surface area (Å²) in [7, 11) is 2.21. The first-order valence-corrected chi connectivity index (χ1v) is 7.59. The number of nitrogens with two attached hydrogens (primary N) is 1. The molecule has 2 nitrogen and oxygen atoms in total. The van der Waals surface area contributed by atoms with Gasteiger partial charge in [-0.3, -0.25) is 4.90 Å². The lowest BCUT2D eigenvalue weighted by Crippen LogP contribution is -2.42. The molecule has 0 aromatic carbocycles. The van der Waals surface area contributed by atoms with Crippen LogP contribution >= 0.6 is 22.9 Å². The molecule has 2 rings (SSSR count). The Morgan fingerprint density at radius 1 is 1.47 bits per heavy atom. The number of hydrogen-bond acceptors (Lipinski definition) is 3. The van der Waals surface area contributed by atoms with Gasteiger partial charge >= 0.3 is 0 Å². The molecule has 96 valence electrons. The van der Waals surface area contributed by atoms with Crippen molar-refractivity contribution in [1.29, 1.82) is 0 Å². The van der Waals surface area contributed by atoms with E-state index in [0.717, 1.165) is 18.1 Å². The van der Waals surface area contributed by atoms with Crippen LogP contribution in [0.25, 0.3) is 0 Å². The molecular weight excluding hydrogens is 252 g/mol. The van der Waals surface area contributed by atoms with E-state index in [1.54, 1.807) is 11.3 Å². The van der Waals surface area contributed by atoms with E-state index in [2.05, 4.69) is 18.0 Å². The lowest BCUT2D eigenvalue weighted by molar-refractivity contribution is 0.128. The summed E-state index contributed by atoms with van der Waals surface area (Å²) in [5, 5.41) is 2.86. The summed E-state index contributed by atoms with van der Waals surface area (Å²) in [6.45, 7) is 1.82. The first-order chi connectivity index (χ1) is 8.20. The first kappa shape index (κ1) is 13.3. The van der Waals surface area contributed by atoms with Gasteiger partial charge in [-0.25, -0.2) is 0 Å². The number of hydrogen-bond donors (Lipinski definition) is 1. The highest BCUT2D eigenvalue weighted by molar-refractivity contribution is 7.10. The van der Waals surface area contributed by atoms with Crippen LogP contribution in [0.1, 0.15) is 30.6 Å². The van der Waals surface area contributed by atoms with E-state index in [1.807, 2.05) is 5.38 Å². The summed E-state index contributed by atoms with van der Waals surface area (Å²) in [6, 6.07) is 2.72. The largest absolute Gasteiger partial charge is 0.330 e. The van der Waals surface area contributed by atoms with Gasteiger partial charge in [-0.15, -0.1) is 11.3 Å². The highest BCUT2D eigenvalue weighted by Crippen LogP contribution is 2.29. The molecule has 1 aromatic heterocycles. The second kappa shape index (κ2) is 6.19. The summed E-state index contributed by atoms with van der Waals surface area (Å²) in [5.41, 5.74) is 5.88. The molecule has 0 amide bonds. The molecule has 0 radical (unpaired) electrons. The van der Waals surface area contributed by atoms with E-state index >= 15 is 0 Å². The van der Waals surface area contributed by atoms with E-state index in [4.69, 9.17) is 17.3 Å². The van der Waals surface area contributed by atoms with Crippen LogP contribution in [0.2, 0.25) is 5.02 Å². The van der Waals surface area contributed by atoms with Gasteiger partial charge in [0.1, 0.15) is 0 Å². The summed E-state index contributed by atoms with van der Waals surface area (Å²) >= 11 is 7.70. The minimum absolute atomic E-state index is 0.648. The van der Waals surface area contributed by atoms with E-state index in [-0.39, 0.29) is 0 Å². The highest BCUT2D eigenvalue weighted by Gasteiger charge is 2.27. The molecule has 1 fully saturated rings. The summed E-state index contributed by atoms with van der Waals surface area (Å²) < 4.78 is 0. The lowest BCUT2D eigenvalue weighted by atomic mass is 9.84.